The molecule has 0 aliphatic heterocycles. The first-order valence-electron chi connectivity index (χ1n) is 9.97. The van der Waals surface area contributed by atoms with Crippen LogP contribution >= 0.6 is 0 Å². The molecule has 31 heavy (non-hydrogen) atoms. The first-order valence-corrected chi connectivity index (χ1v) is 9.97. The van der Waals surface area contributed by atoms with Gasteiger partial charge in [-0.1, -0.05) is 30.3 Å². The Bertz CT molecular complexity index is 1190. The normalized spacial score (nSPS) is 20.3. The summed E-state index contributed by atoms with van der Waals surface area (Å²) in [6.07, 6.45) is 5.28. The summed E-state index contributed by atoms with van der Waals surface area (Å²) < 4.78 is 26.6. The van der Waals surface area contributed by atoms with Crippen LogP contribution in [0.1, 0.15) is 29.4 Å². The number of pyridine rings is 3. The van der Waals surface area contributed by atoms with E-state index in [1.54, 1.807) is 18.3 Å². The number of para-hydroxylation sites is 1. The van der Waals surface area contributed by atoms with Gasteiger partial charge in [-0.3, -0.25) is 9.78 Å². The number of hydrogen-bond donors (Lipinski definition) is 1. The lowest BCUT2D eigenvalue weighted by atomic mass is 9.60. The average Bonchev–Trinajstić information content (AvgIpc) is 2.76. The van der Waals surface area contributed by atoms with Crippen molar-refractivity contribution in [3.8, 4) is 0 Å². The van der Waals surface area contributed by atoms with Crippen molar-refractivity contribution in [1.82, 2.24) is 15.0 Å². The van der Waals surface area contributed by atoms with Crippen LogP contribution in [0.4, 0.5) is 14.5 Å². The van der Waals surface area contributed by atoms with Crippen molar-refractivity contribution in [2.45, 2.75) is 18.3 Å². The number of aromatic nitrogens is 3. The lowest BCUT2D eigenvalue weighted by molar-refractivity contribution is -0.124. The quantitative estimate of drug-likeness (QED) is 0.484. The molecule has 0 spiro atoms. The topological polar surface area (TPSA) is 67.8 Å². The largest absolute Gasteiger partial charge is 0.324 e. The summed E-state index contributed by atoms with van der Waals surface area (Å²) in [7, 11) is 0. The Morgan fingerprint density at radius 1 is 0.839 bits per heavy atom. The van der Waals surface area contributed by atoms with Gasteiger partial charge in [0.15, 0.2) is 0 Å². The highest BCUT2D eigenvalue weighted by molar-refractivity contribution is 6.02. The number of nitrogens with one attached hydrogen (secondary N) is 1. The number of benzene rings is 1. The number of carbonyl (C=O) groups excluding carboxylic acids is 1. The minimum atomic E-state index is -0.565. The Morgan fingerprint density at radius 2 is 1.48 bits per heavy atom. The van der Waals surface area contributed by atoms with Gasteiger partial charge in [0.05, 0.1) is 17.1 Å². The minimum absolute atomic E-state index is 0.133. The van der Waals surface area contributed by atoms with Crippen LogP contribution in [0.25, 0.3) is 10.9 Å². The summed E-state index contributed by atoms with van der Waals surface area (Å²) in [6.45, 7) is 0. The third-order valence-corrected chi connectivity index (χ3v) is 5.93. The van der Waals surface area contributed by atoms with Crippen LogP contribution in [-0.4, -0.2) is 20.9 Å². The number of amides is 1. The highest BCUT2D eigenvalue weighted by Crippen LogP contribution is 2.53. The van der Waals surface area contributed by atoms with Crippen molar-refractivity contribution in [3.63, 3.8) is 0 Å². The molecule has 0 saturated heterocycles. The Kier molecular flexibility index (Phi) is 4.86. The van der Waals surface area contributed by atoms with Gasteiger partial charge in [0.25, 0.3) is 0 Å². The van der Waals surface area contributed by atoms with E-state index in [4.69, 9.17) is 0 Å². The molecule has 1 fully saturated rings. The summed E-state index contributed by atoms with van der Waals surface area (Å²) in [5, 5.41) is 3.94. The van der Waals surface area contributed by atoms with Crippen LogP contribution in [0.3, 0.4) is 0 Å². The average molecular weight is 416 g/mol. The maximum atomic E-state index is 13.4. The van der Waals surface area contributed by atoms with E-state index >= 15 is 0 Å². The Hall–Kier alpha value is -3.74. The van der Waals surface area contributed by atoms with Crippen LogP contribution in [0.2, 0.25) is 0 Å². The molecule has 3 atom stereocenters. The van der Waals surface area contributed by atoms with Crippen LogP contribution in [0.5, 0.6) is 0 Å². The van der Waals surface area contributed by atoms with Crippen molar-refractivity contribution in [3.05, 3.63) is 96.2 Å². The van der Waals surface area contributed by atoms with Gasteiger partial charge in [-0.05, 0) is 53.6 Å². The number of fused-ring (bicyclic) bond motifs is 1. The molecule has 7 heteroatoms. The van der Waals surface area contributed by atoms with E-state index in [9.17, 15) is 13.6 Å². The molecule has 3 heterocycles. The zero-order valence-electron chi connectivity index (χ0n) is 16.4. The van der Waals surface area contributed by atoms with E-state index in [0.29, 0.717) is 17.6 Å². The highest BCUT2D eigenvalue weighted by atomic mass is 19.1. The predicted octanol–water partition coefficient (Wildman–Crippen LogP) is 4.83. The van der Waals surface area contributed by atoms with E-state index in [1.807, 2.05) is 30.3 Å². The molecule has 3 aromatic heterocycles. The van der Waals surface area contributed by atoms with E-state index in [-0.39, 0.29) is 17.7 Å². The van der Waals surface area contributed by atoms with Gasteiger partial charge in [-0.2, -0.15) is 8.78 Å². The van der Waals surface area contributed by atoms with Crippen molar-refractivity contribution in [2.75, 3.05) is 5.32 Å². The number of carbonyl (C=O) groups is 1. The predicted molar refractivity (Wildman–Crippen MR) is 112 cm³/mol. The number of rotatable bonds is 4. The second kappa shape index (κ2) is 7.83. The van der Waals surface area contributed by atoms with Gasteiger partial charge < -0.3 is 5.32 Å². The van der Waals surface area contributed by atoms with E-state index < -0.39 is 17.8 Å². The minimum Gasteiger partial charge on any atom is -0.324 e. The summed E-state index contributed by atoms with van der Waals surface area (Å²) in [5.74, 6) is -2.00. The third-order valence-electron chi connectivity index (χ3n) is 5.93. The number of halogens is 2. The van der Waals surface area contributed by atoms with Gasteiger partial charge in [0, 0.05) is 24.0 Å². The van der Waals surface area contributed by atoms with Crippen molar-refractivity contribution >= 4 is 22.5 Å². The van der Waals surface area contributed by atoms with E-state index in [2.05, 4.69) is 20.3 Å². The fourth-order valence-corrected chi connectivity index (χ4v) is 4.34. The maximum absolute atomic E-state index is 13.4. The van der Waals surface area contributed by atoms with Crippen molar-refractivity contribution in [1.29, 1.82) is 0 Å². The van der Waals surface area contributed by atoms with Crippen LogP contribution < -0.4 is 5.32 Å². The molecule has 0 radical (unpaired) electrons. The smallest absolute Gasteiger partial charge is 0.228 e. The third kappa shape index (κ3) is 3.63. The molecule has 1 unspecified atom stereocenters. The molecule has 5 rings (SSSR count). The molecule has 1 amide bonds. The molecule has 154 valence electrons. The standard InChI is InChI=1S/C24H18F2N4O/c25-20-8-6-15(12-28-20)17-11-18(16-7-9-21(26)29-13-16)22(17)24(31)30-19-5-1-3-14-4-2-10-27-23(14)19/h1-10,12-13,17-18,22H,11H2,(H,30,31)/t17-,18+,22?. The molecule has 1 aliphatic carbocycles. The molecule has 5 nitrogen and oxygen atoms in total. The monoisotopic (exact) mass is 416 g/mol. The maximum Gasteiger partial charge on any atom is 0.228 e. The molecule has 1 saturated carbocycles. The second-order valence-corrected chi connectivity index (χ2v) is 7.67. The second-order valence-electron chi connectivity index (χ2n) is 7.67. The Morgan fingerprint density at radius 3 is 2.10 bits per heavy atom. The summed E-state index contributed by atoms with van der Waals surface area (Å²) >= 11 is 0. The molecular formula is C24H18F2N4O. The fourth-order valence-electron chi connectivity index (χ4n) is 4.34. The van der Waals surface area contributed by atoms with Gasteiger partial charge in [0.1, 0.15) is 0 Å². The van der Waals surface area contributed by atoms with Crippen LogP contribution in [0.15, 0.2) is 73.2 Å². The summed E-state index contributed by atoms with van der Waals surface area (Å²) in [4.78, 5) is 25.3. The first kappa shape index (κ1) is 19.2. The zero-order valence-corrected chi connectivity index (χ0v) is 16.4. The molecule has 1 aromatic carbocycles. The summed E-state index contributed by atoms with van der Waals surface area (Å²) in [5.41, 5.74) is 2.92. The first-order chi connectivity index (χ1) is 15.1. The highest BCUT2D eigenvalue weighted by Gasteiger charge is 2.47. The van der Waals surface area contributed by atoms with Gasteiger partial charge in [-0.25, -0.2) is 9.97 Å². The van der Waals surface area contributed by atoms with Gasteiger partial charge in [0.2, 0.25) is 17.8 Å². The van der Waals surface area contributed by atoms with Gasteiger partial charge >= 0.3 is 0 Å². The zero-order chi connectivity index (χ0) is 21.4. The molecular weight excluding hydrogens is 398 g/mol. The van der Waals surface area contributed by atoms with Crippen LogP contribution in [0, 0.1) is 17.8 Å². The van der Waals surface area contributed by atoms with Crippen molar-refractivity contribution < 1.29 is 13.6 Å². The fraction of sp³-hybridized carbons (Fsp3) is 0.167. The Labute approximate surface area is 177 Å². The Balaban J connectivity index is 1.48. The molecule has 4 aromatic rings. The number of anilines is 1. The van der Waals surface area contributed by atoms with E-state index in [0.717, 1.165) is 16.5 Å². The molecule has 1 aliphatic rings. The summed E-state index contributed by atoms with van der Waals surface area (Å²) in [6, 6.07) is 15.3. The van der Waals surface area contributed by atoms with Crippen molar-refractivity contribution in [2.24, 2.45) is 5.92 Å². The van der Waals surface area contributed by atoms with Gasteiger partial charge in [-0.15, -0.1) is 0 Å². The molecule has 0 bridgehead atoms. The molecule has 1 N–H and O–H groups in total. The lowest BCUT2D eigenvalue weighted by Gasteiger charge is -2.44. The van der Waals surface area contributed by atoms with E-state index in [1.165, 1.54) is 24.5 Å². The number of hydrogen-bond acceptors (Lipinski definition) is 4. The SMILES string of the molecule is O=C(Nc1cccc2cccnc12)C1[C@@H](c2ccc(F)nc2)C[C@H]1c1ccc(F)nc1. The van der Waals surface area contributed by atoms with Crippen LogP contribution in [-0.2, 0) is 4.79 Å². The number of nitrogens with zero attached hydrogens (tertiary/aromatic N) is 3. The lowest BCUT2D eigenvalue weighted by Crippen LogP contribution is -2.42.